The van der Waals surface area contributed by atoms with Gasteiger partial charge in [0.1, 0.15) is 5.82 Å². The molecule has 1 aromatic heterocycles. The highest BCUT2D eigenvalue weighted by molar-refractivity contribution is 5.94. The number of methoxy groups -OCH3 is 1. The molecule has 0 saturated heterocycles. The van der Waals surface area contributed by atoms with Gasteiger partial charge in [-0.3, -0.25) is 9.89 Å². The van der Waals surface area contributed by atoms with Crippen LogP contribution in [-0.4, -0.2) is 41.7 Å². The molecule has 158 valence electrons. The summed E-state index contributed by atoms with van der Waals surface area (Å²) >= 11 is 0. The monoisotopic (exact) mass is 409 g/mol. The predicted molar refractivity (Wildman–Crippen MR) is 116 cm³/mol. The normalized spacial score (nSPS) is 10.9. The Kier molecular flexibility index (Phi) is 7.74. The lowest BCUT2D eigenvalue weighted by Crippen LogP contribution is -2.27. The highest BCUT2D eigenvalue weighted by Gasteiger charge is 2.11. The fourth-order valence-electron chi connectivity index (χ4n) is 3.36. The first-order valence-electron chi connectivity index (χ1n) is 10.2. The Morgan fingerprint density at radius 2 is 1.90 bits per heavy atom. The number of benzene rings is 2. The molecule has 6 heteroatoms. The number of hydrogen-bond acceptors (Lipinski definition) is 3. The second kappa shape index (κ2) is 10.7. The van der Waals surface area contributed by atoms with Gasteiger partial charge < -0.3 is 9.64 Å². The summed E-state index contributed by atoms with van der Waals surface area (Å²) in [4.78, 5) is 14.3. The standard InChI is InChI=1S/C24H28FN3O2/c1-28(24(29)19-12-10-18(11-13-19)17-30-2)14-5-3-4-9-22-16-23(27-26-22)20-7-6-8-21(25)15-20/h6-8,10-13,15-16H,3-5,9,14,17H2,1-2H3,(H,26,27). The van der Waals surface area contributed by atoms with Gasteiger partial charge in [-0.1, -0.05) is 30.7 Å². The zero-order valence-corrected chi connectivity index (χ0v) is 17.5. The maximum Gasteiger partial charge on any atom is 0.253 e. The van der Waals surface area contributed by atoms with E-state index in [1.165, 1.54) is 12.1 Å². The van der Waals surface area contributed by atoms with Crippen molar-refractivity contribution in [1.29, 1.82) is 0 Å². The van der Waals surface area contributed by atoms with Crippen LogP contribution < -0.4 is 0 Å². The van der Waals surface area contributed by atoms with Gasteiger partial charge in [0.2, 0.25) is 0 Å². The van der Waals surface area contributed by atoms with Gasteiger partial charge in [0, 0.05) is 37.5 Å². The third kappa shape index (κ3) is 6.00. The van der Waals surface area contributed by atoms with Crippen LogP contribution in [0.4, 0.5) is 4.39 Å². The third-order valence-corrected chi connectivity index (χ3v) is 5.05. The van der Waals surface area contributed by atoms with Crippen LogP contribution in [0, 0.1) is 5.82 Å². The van der Waals surface area contributed by atoms with Crippen LogP contribution in [0.2, 0.25) is 0 Å². The molecule has 0 radical (unpaired) electrons. The van der Waals surface area contributed by atoms with Crippen molar-refractivity contribution in [1.82, 2.24) is 15.1 Å². The Hall–Kier alpha value is -2.99. The average Bonchev–Trinajstić information content (AvgIpc) is 3.23. The minimum absolute atomic E-state index is 0.0345. The van der Waals surface area contributed by atoms with Crippen LogP contribution in [0.25, 0.3) is 11.3 Å². The molecule has 5 nitrogen and oxygen atoms in total. The van der Waals surface area contributed by atoms with E-state index in [1.54, 1.807) is 18.1 Å². The van der Waals surface area contributed by atoms with Crippen LogP contribution in [-0.2, 0) is 17.8 Å². The lowest BCUT2D eigenvalue weighted by Gasteiger charge is -2.17. The second-order valence-electron chi connectivity index (χ2n) is 7.46. The van der Waals surface area contributed by atoms with E-state index < -0.39 is 0 Å². The number of nitrogens with zero attached hydrogens (tertiary/aromatic N) is 2. The first kappa shape index (κ1) is 21.7. The molecule has 0 spiro atoms. The molecular weight excluding hydrogens is 381 g/mol. The van der Waals surface area contributed by atoms with Gasteiger partial charge in [-0.25, -0.2) is 4.39 Å². The number of aryl methyl sites for hydroxylation is 1. The minimum atomic E-state index is -0.262. The van der Waals surface area contributed by atoms with Crippen LogP contribution in [0.5, 0.6) is 0 Å². The van der Waals surface area contributed by atoms with Crippen LogP contribution in [0.15, 0.2) is 54.6 Å². The van der Waals surface area contributed by atoms with Crippen molar-refractivity contribution in [3.8, 4) is 11.3 Å². The number of H-pyrrole nitrogens is 1. The van der Waals surface area contributed by atoms with Crippen molar-refractivity contribution < 1.29 is 13.9 Å². The number of hydrogen-bond donors (Lipinski definition) is 1. The highest BCUT2D eigenvalue weighted by Crippen LogP contribution is 2.19. The number of aromatic amines is 1. The number of carbonyl (C=O) groups excluding carboxylic acids is 1. The fraction of sp³-hybridized carbons (Fsp3) is 0.333. The third-order valence-electron chi connectivity index (χ3n) is 5.05. The molecule has 1 amide bonds. The summed E-state index contributed by atoms with van der Waals surface area (Å²) in [6.45, 7) is 1.26. The van der Waals surface area contributed by atoms with E-state index in [0.717, 1.165) is 54.7 Å². The molecule has 1 N–H and O–H groups in total. The summed E-state index contributed by atoms with van der Waals surface area (Å²) in [5.74, 6) is -0.228. The second-order valence-corrected chi connectivity index (χ2v) is 7.46. The van der Waals surface area contributed by atoms with Crippen LogP contribution >= 0.6 is 0 Å². The fourth-order valence-corrected chi connectivity index (χ4v) is 3.36. The van der Waals surface area contributed by atoms with E-state index in [4.69, 9.17) is 4.74 Å². The highest BCUT2D eigenvalue weighted by atomic mass is 19.1. The van der Waals surface area contributed by atoms with Gasteiger partial charge in [0.05, 0.1) is 12.3 Å². The molecule has 1 heterocycles. The average molecular weight is 410 g/mol. The SMILES string of the molecule is COCc1ccc(C(=O)N(C)CCCCCc2cc(-c3cccc(F)c3)n[nH]2)cc1. The molecule has 0 aliphatic carbocycles. The maximum absolute atomic E-state index is 13.4. The van der Waals surface area contributed by atoms with E-state index in [2.05, 4.69) is 10.2 Å². The predicted octanol–water partition coefficient (Wildman–Crippen LogP) is 4.85. The number of halogens is 1. The van der Waals surface area contributed by atoms with E-state index in [9.17, 15) is 9.18 Å². The van der Waals surface area contributed by atoms with E-state index in [-0.39, 0.29) is 11.7 Å². The van der Waals surface area contributed by atoms with Gasteiger partial charge in [-0.05, 0) is 55.2 Å². The lowest BCUT2D eigenvalue weighted by atomic mass is 10.1. The van der Waals surface area contributed by atoms with Gasteiger partial charge in [0.15, 0.2) is 0 Å². The largest absolute Gasteiger partial charge is 0.380 e. The molecule has 0 aliphatic rings. The van der Waals surface area contributed by atoms with Gasteiger partial charge in [-0.2, -0.15) is 5.10 Å². The Bertz CT molecular complexity index is 953. The summed E-state index contributed by atoms with van der Waals surface area (Å²) in [6.07, 6.45) is 3.83. The molecular formula is C24H28FN3O2. The topological polar surface area (TPSA) is 58.2 Å². The Morgan fingerprint density at radius 3 is 2.63 bits per heavy atom. The molecule has 3 rings (SSSR count). The van der Waals surface area contributed by atoms with E-state index >= 15 is 0 Å². The van der Waals surface area contributed by atoms with Gasteiger partial charge in [0.25, 0.3) is 5.91 Å². The summed E-state index contributed by atoms with van der Waals surface area (Å²) in [6, 6.07) is 16.0. The van der Waals surface area contributed by atoms with Gasteiger partial charge in [-0.15, -0.1) is 0 Å². The van der Waals surface area contributed by atoms with Crippen molar-refractivity contribution >= 4 is 5.91 Å². The molecule has 2 aromatic carbocycles. The number of carbonyl (C=O) groups is 1. The minimum Gasteiger partial charge on any atom is -0.380 e. The molecule has 0 fully saturated rings. The molecule has 0 bridgehead atoms. The summed E-state index contributed by atoms with van der Waals surface area (Å²) in [5.41, 5.74) is 4.31. The van der Waals surface area contributed by atoms with Crippen LogP contribution in [0.1, 0.15) is 40.9 Å². The molecule has 0 aliphatic heterocycles. The summed E-state index contributed by atoms with van der Waals surface area (Å²) < 4.78 is 18.5. The number of rotatable bonds is 10. The number of amides is 1. The summed E-state index contributed by atoms with van der Waals surface area (Å²) in [5, 5.41) is 7.31. The first-order chi connectivity index (χ1) is 14.6. The molecule has 30 heavy (non-hydrogen) atoms. The number of unbranched alkanes of at least 4 members (excludes halogenated alkanes) is 2. The van der Waals surface area contributed by atoms with Crippen molar-refractivity contribution in [2.45, 2.75) is 32.3 Å². The van der Waals surface area contributed by atoms with Crippen LogP contribution in [0.3, 0.4) is 0 Å². The Labute approximate surface area is 176 Å². The molecule has 0 atom stereocenters. The maximum atomic E-state index is 13.4. The van der Waals surface area contributed by atoms with E-state index in [1.807, 2.05) is 43.4 Å². The van der Waals surface area contributed by atoms with Crippen molar-refractivity contribution in [2.24, 2.45) is 0 Å². The number of nitrogens with one attached hydrogen (secondary N) is 1. The van der Waals surface area contributed by atoms with E-state index in [0.29, 0.717) is 12.2 Å². The van der Waals surface area contributed by atoms with Crippen molar-refractivity contribution in [2.75, 3.05) is 20.7 Å². The zero-order valence-electron chi connectivity index (χ0n) is 17.5. The number of aromatic nitrogens is 2. The first-order valence-corrected chi connectivity index (χ1v) is 10.2. The molecule has 0 unspecified atom stereocenters. The quantitative estimate of drug-likeness (QED) is 0.487. The zero-order chi connectivity index (χ0) is 21.3. The molecule has 0 saturated carbocycles. The molecule has 3 aromatic rings. The number of ether oxygens (including phenoxy) is 1. The van der Waals surface area contributed by atoms with Crippen molar-refractivity contribution in [3.05, 3.63) is 77.2 Å². The van der Waals surface area contributed by atoms with Gasteiger partial charge >= 0.3 is 0 Å². The smallest absolute Gasteiger partial charge is 0.253 e. The Balaban J connectivity index is 1.39. The summed E-state index contributed by atoms with van der Waals surface area (Å²) in [7, 11) is 3.49. The van der Waals surface area contributed by atoms with Crippen molar-refractivity contribution in [3.63, 3.8) is 0 Å². The lowest BCUT2D eigenvalue weighted by molar-refractivity contribution is 0.0792. The Morgan fingerprint density at radius 1 is 1.10 bits per heavy atom.